The first-order valence-electron chi connectivity index (χ1n) is 3.99. The highest BCUT2D eigenvalue weighted by molar-refractivity contribution is 4.81. The van der Waals surface area contributed by atoms with Crippen LogP contribution in [0.4, 0.5) is 0 Å². The van der Waals surface area contributed by atoms with Gasteiger partial charge < -0.3 is 5.73 Å². The molecule has 0 aliphatic heterocycles. The molecule has 0 unspecified atom stereocenters. The Morgan fingerprint density at radius 3 is 1.00 bits per heavy atom. The van der Waals surface area contributed by atoms with Gasteiger partial charge in [0, 0.05) is 10.8 Å². The van der Waals surface area contributed by atoms with Gasteiger partial charge in [-0.1, -0.05) is 41.5 Å². The van der Waals surface area contributed by atoms with Gasteiger partial charge in [0.1, 0.15) is 0 Å². The zero-order valence-corrected chi connectivity index (χ0v) is 8.28. The molecule has 0 saturated carbocycles. The average molecular weight is 144 g/mol. The van der Waals surface area contributed by atoms with Crippen molar-refractivity contribution in [2.24, 2.45) is 10.8 Å². The molecule has 0 aliphatic carbocycles. The van der Waals surface area contributed by atoms with Crippen molar-refractivity contribution in [1.82, 2.24) is 0 Å². The first kappa shape index (κ1) is 9.96. The molecule has 10 heavy (non-hydrogen) atoms. The lowest BCUT2D eigenvalue weighted by Crippen LogP contribution is -2.71. The molecule has 0 aromatic rings. The van der Waals surface area contributed by atoms with E-state index in [9.17, 15) is 0 Å². The number of rotatable bonds is 0. The van der Waals surface area contributed by atoms with E-state index in [2.05, 4.69) is 47.3 Å². The fourth-order valence-corrected chi connectivity index (χ4v) is 1.30. The number of quaternary nitrogens is 1. The van der Waals surface area contributed by atoms with Gasteiger partial charge in [-0.2, -0.15) is 0 Å². The highest BCUT2D eigenvalue weighted by atomic mass is 14.7. The van der Waals surface area contributed by atoms with Crippen LogP contribution in [0.25, 0.3) is 0 Å². The summed E-state index contributed by atoms with van der Waals surface area (Å²) in [6, 6.07) is 0.514. The van der Waals surface area contributed by atoms with Gasteiger partial charge in [0.05, 0.1) is 6.04 Å². The summed E-state index contributed by atoms with van der Waals surface area (Å²) in [5.74, 6) is 0. The molecule has 0 amide bonds. The van der Waals surface area contributed by atoms with E-state index in [1.54, 1.807) is 0 Å². The summed E-state index contributed by atoms with van der Waals surface area (Å²) < 4.78 is 0. The minimum Gasteiger partial charge on any atom is -0.354 e. The molecule has 0 aromatic carbocycles. The number of hydrogen-bond donors (Lipinski definition) is 1. The molecule has 0 radical (unpaired) electrons. The molecule has 0 fully saturated rings. The van der Waals surface area contributed by atoms with Gasteiger partial charge in [-0.05, 0) is 0 Å². The van der Waals surface area contributed by atoms with Gasteiger partial charge >= 0.3 is 0 Å². The van der Waals surface area contributed by atoms with Crippen LogP contribution in [0.15, 0.2) is 0 Å². The predicted octanol–water partition coefficient (Wildman–Crippen LogP) is 1.69. The van der Waals surface area contributed by atoms with E-state index in [4.69, 9.17) is 0 Å². The summed E-state index contributed by atoms with van der Waals surface area (Å²) in [7, 11) is 0. The normalized spacial score (nSPS) is 14.4. The Labute approximate surface area is 65.0 Å². The van der Waals surface area contributed by atoms with Crippen LogP contribution >= 0.6 is 0 Å². The highest BCUT2D eigenvalue weighted by Crippen LogP contribution is 2.29. The standard InChI is InChI=1S/C9H21N/c1-8(2,3)7(10)9(4,5)6/h7H,10H2,1-6H3/p+1. The average Bonchev–Trinajstić information content (AvgIpc) is 1.59. The van der Waals surface area contributed by atoms with Gasteiger partial charge in [-0.3, -0.25) is 0 Å². The minimum absolute atomic E-state index is 0.332. The summed E-state index contributed by atoms with van der Waals surface area (Å²) in [4.78, 5) is 0. The van der Waals surface area contributed by atoms with E-state index in [0.717, 1.165) is 0 Å². The summed E-state index contributed by atoms with van der Waals surface area (Å²) in [6.07, 6.45) is 0. The van der Waals surface area contributed by atoms with Gasteiger partial charge in [0.2, 0.25) is 0 Å². The molecule has 1 heteroatoms. The van der Waals surface area contributed by atoms with Crippen LogP contribution in [0.5, 0.6) is 0 Å². The first-order chi connectivity index (χ1) is 4.15. The summed E-state index contributed by atoms with van der Waals surface area (Å²) in [5, 5.41) is 0. The van der Waals surface area contributed by atoms with E-state index < -0.39 is 0 Å². The zero-order chi connectivity index (χ0) is 8.58. The summed E-state index contributed by atoms with van der Waals surface area (Å²) >= 11 is 0. The van der Waals surface area contributed by atoms with Crippen molar-refractivity contribution in [2.75, 3.05) is 0 Å². The first-order valence-corrected chi connectivity index (χ1v) is 3.99. The molecule has 0 atom stereocenters. The van der Waals surface area contributed by atoms with Crippen molar-refractivity contribution in [3.05, 3.63) is 0 Å². The molecule has 0 spiro atoms. The Kier molecular flexibility index (Phi) is 2.53. The molecular formula is C9H22N+. The van der Waals surface area contributed by atoms with E-state index >= 15 is 0 Å². The number of hydrogen-bond acceptors (Lipinski definition) is 0. The molecule has 0 heterocycles. The van der Waals surface area contributed by atoms with E-state index in [1.165, 1.54) is 0 Å². The molecule has 0 aromatic heterocycles. The van der Waals surface area contributed by atoms with Gasteiger partial charge in [-0.15, -0.1) is 0 Å². The van der Waals surface area contributed by atoms with Gasteiger partial charge in [0.25, 0.3) is 0 Å². The second-order valence-corrected chi connectivity index (χ2v) is 5.28. The molecule has 0 rings (SSSR count). The predicted molar refractivity (Wildman–Crippen MR) is 45.6 cm³/mol. The third-order valence-corrected chi connectivity index (χ3v) is 2.09. The Morgan fingerprint density at radius 1 is 0.800 bits per heavy atom. The Hall–Kier alpha value is -0.0400. The summed E-state index contributed by atoms with van der Waals surface area (Å²) in [5.41, 5.74) is 4.84. The lowest BCUT2D eigenvalue weighted by Gasteiger charge is -2.34. The molecule has 0 aliphatic rings. The fraction of sp³-hybridized carbons (Fsp3) is 1.00. The second kappa shape index (κ2) is 2.54. The Bertz CT molecular complexity index is 88.9. The quantitative estimate of drug-likeness (QED) is 0.536. The van der Waals surface area contributed by atoms with Crippen LogP contribution in [-0.2, 0) is 0 Å². The van der Waals surface area contributed by atoms with E-state index in [0.29, 0.717) is 16.9 Å². The maximum atomic E-state index is 4.18. The van der Waals surface area contributed by atoms with Crippen molar-refractivity contribution in [2.45, 2.75) is 47.6 Å². The lowest BCUT2D eigenvalue weighted by atomic mass is 9.73. The van der Waals surface area contributed by atoms with Crippen molar-refractivity contribution in [3.63, 3.8) is 0 Å². The fourth-order valence-electron chi connectivity index (χ4n) is 1.30. The second-order valence-electron chi connectivity index (χ2n) is 5.28. The monoisotopic (exact) mass is 144 g/mol. The van der Waals surface area contributed by atoms with Crippen LogP contribution in [-0.4, -0.2) is 6.04 Å². The maximum absolute atomic E-state index is 4.18. The molecule has 0 saturated heterocycles. The summed E-state index contributed by atoms with van der Waals surface area (Å²) in [6.45, 7) is 13.5. The Balaban J connectivity index is 4.23. The smallest absolute Gasteiger partial charge is 0.0941 e. The maximum Gasteiger partial charge on any atom is 0.0941 e. The van der Waals surface area contributed by atoms with Crippen molar-refractivity contribution >= 4 is 0 Å². The van der Waals surface area contributed by atoms with Gasteiger partial charge in [0.15, 0.2) is 0 Å². The third kappa shape index (κ3) is 2.70. The van der Waals surface area contributed by atoms with Crippen molar-refractivity contribution < 1.29 is 5.73 Å². The minimum atomic E-state index is 0.332. The molecule has 0 bridgehead atoms. The van der Waals surface area contributed by atoms with Crippen molar-refractivity contribution in [1.29, 1.82) is 0 Å². The van der Waals surface area contributed by atoms with E-state index in [1.807, 2.05) is 0 Å². The van der Waals surface area contributed by atoms with Crippen LogP contribution in [0, 0.1) is 10.8 Å². The largest absolute Gasteiger partial charge is 0.354 e. The zero-order valence-electron chi connectivity index (χ0n) is 8.28. The topological polar surface area (TPSA) is 27.6 Å². The van der Waals surface area contributed by atoms with Crippen LogP contribution < -0.4 is 5.73 Å². The lowest BCUT2D eigenvalue weighted by molar-refractivity contribution is -0.467. The van der Waals surface area contributed by atoms with Gasteiger partial charge in [-0.25, -0.2) is 0 Å². The molecule has 62 valence electrons. The Morgan fingerprint density at radius 2 is 1.00 bits per heavy atom. The molecular weight excluding hydrogens is 122 g/mol. The van der Waals surface area contributed by atoms with Crippen LogP contribution in [0.1, 0.15) is 41.5 Å². The molecule has 1 nitrogen and oxygen atoms in total. The molecule has 3 N–H and O–H groups in total. The van der Waals surface area contributed by atoms with Crippen LogP contribution in [0.2, 0.25) is 0 Å². The highest BCUT2D eigenvalue weighted by Gasteiger charge is 2.34. The van der Waals surface area contributed by atoms with E-state index in [-0.39, 0.29) is 0 Å². The van der Waals surface area contributed by atoms with Crippen molar-refractivity contribution in [3.8, 4) is 0 Å². The van der Waals surface area contributed by atoms with Crippen LogP contribution in [0.3, 0.4) is 0 Å². The SMILES string of the molecule is CC(C)(C)C([NH3+])C(C)(C)C. The third-order valence-electron chi connectivity index (χ3n) is 2.09.